The van der Waals surface area contributed by atoms with Crippen LogP contribution in [0.2, 0.25) is 0 Å². The molecule has 1 aromatic carbocycles. The molecule has 2 rings (SSSR count). The first-order valence-electron chi connectivity index (χ1n) is 6.44. The van der Waals surface area contributed by atoms with E-state index < -0.39 is 11.7 Å². The van der Waals surface area contributed by atoms with Crippen LogP contribution in [-0.2, 0) is 17.4 Å². The molecule has 0 aliphatic carbocycles. The Morgan fingerprint density at radius 3 is 2.25 bits per heavy atom. The van der Waals surface area contributed by atoms with Gasteiger partial charge < -0.3 is 4.90 Å². The number of hydrogen-bond donors (Lipinski definition) is 0. The number of benzene rings is 1. The molecule has 0 bridgehead atoms. The Labute approximate surface area is 124 Å². The number of halogens is 4. The van der Waals surface area contributed by atoms with E-state index in [0.717, 1.165) is 25.0 Å². The summed E-state index contributed by atoms with van der Waals surface area (Å²) < 4.78 is 37.3. The van der Waals surface area contributed by atoms with Gasteiger partial charge in [-0.15, -0.1) is 0 Å². The Morgan fingerprint density at radius 1 is 1.20 bits per heavy atom. The molecule has 0 spiro atoms. The smallest absolute Gasteiger partial charge is 0.342 e. The van der Waals surface area contributed by atoms with E-state index in [1.807, 2.05) is 0 Å². The molecule has 1 heterocycles. The van der Waals surface area contributed by atoms with Crippen LogP contribution in [0.3, 0.4) is 0 Å². The SMILES string of the molecule is O=C(Cc1ccc(C(F)(F)F)cc1)N1CCC(Br)CC1. The van der Waals surface area contributed by atoms with Crippen molar-refractivity contribution in [2.24, 2.45) is 0 Å². The Balaban J connectivity index is 1.94. The number of alkyl halides is 4. The summed E-state index contributed by atoms with van der Waals surface area (Å²) in [5, 5.41) is 0. The normalized spacial score (nSPS) is 17.3. The first-order valence-corrected chi connectivity index (χ1v) is 7.36. The maximum absolute atomic E-state index is 12.4. The van der Waals surface area contributed by atoms with Crippen LogP contribution in [0.1, 0.15) is 24.0 Å². The minimum atomic E-state index is -4.33. The van der Waals surface area contributed by atoms with Gasteiger partial charge >= 0.3 is 6.18 Å². The van der Waals surface area contributed by atoms with Crippen molar-refractivity contribution in [1.29, 1.82) is 0 Å². The van der Waals surface area contributed by atoms with Crippen LogP contribution in [0, 0.1) is 0 Å². The molecule has 1 saturated heterocycles. The van der Waals surface area contributed by atoms with Crippen LogP contribution in [0.4, 0.5) is 13.2 Å². The van der Waals surface area contributed by atoms with Gasteiger partial charge in [-0.2, -0.15) is 13.2 Å². The molecule has 6 heteroatoms. The number of likely N-dealkylation sites (tertiary alicyclic amines) is 1. The number of piperidine rings is 1. The summed E-state index contributed by atoms with van der Waals surface area (Å²) in [6.07, 6.45) is -2.34. The van der Waals surface area contributed by atoms with Crippen molar-refractivity contribution in [3.63, 3.8) is 0 Å². The summed E-state index contributed by atoms with van der Waals surface area (Å²) in [7, 11) is 0. The van der Waals surface area contributed by atoms with Crippen LogP contribution < -0.4 is 0 Å². The van der Waals surface area contributed by atoms with Crippen LogP contribution >= 0.6 is 15.9 Å². The van der Waals surface area contributed by atoms with Gasteiger partial charge in [-0.05, 0) is 30.5 Å². The molecular weight excluding hydrogens is 335 g/mol. The Morgan fingerprint density at radius 2 is 1.75 bits per heavy atom. The number of carbonyl (C=O) groups is 1. The molecule has 0 atom stereocenters. The van der Waals surface area contributed by atoms with E-state index in [0.29, 0.717) is 23.5 Å². The van der Waals surface area contributed by atoms with E-state index in [1.165, 1.54) is 12.1 Å². The zero-order valence-electron chi connectivity index (χ0n) is 10.8. The van der Waals surface area contributed by atoms with E-state index in [9.17, 15) is 18.0 Å². The van der Waals surface area contributed by atoms with Gasteiger partial charge in [0, 0.05) is 17.9 Å². The van der Waals surface area contributed by atoms with Crippen molar-refractivity contribution >= 4 is 21.8 Å². The lowest BCUT2D eigenvalue weighted by Crippen LogP contribution is -2.39. The molecule has 110 valence electrons. The van der Waals surface area contributed by atoms with Crippen LogP contribution in [0.25, 0.3) is 0 Å². The largest absolute Gasteiger partial charge is 0.416 e. The second-order valence-corrected chi connectivity index (χ2v) is 6.22. The average Bonchev–Trinajstić information content (AvgIpc) is 2.39. The summed E-state index contributed by atoms with van der Waals surface area (Å²) in [5.74, 6) is -0.0239. The molecule has 0 radical (unpaired) electrons. The topological polar surface area (TPSA) is 20.3 Å². The first-order chi connectivity index (χ1) is 9.36. The van der Waals surface area contributed by atoms with Crippen molar-refractivity contribution < 1.29 is 18.0 Å². The van der Waals surface area contributed by atoms with Gasteiger partial charge in [-0.3, -0.25) is 4.79 Å². The fourth-order valence-corrected chi connectivity index (χ4v) is 2.60. The predicted molar refractivity (Wildman–Crippen MR) is 73.7 cm³/mol. The third kappa shape index (κ3) is 3.98. The van der Waals surface area contributed by atoms with Crippen LogP contribution in [0.5, 0.6) is 0 Å². The van der Waals surface area contributed by atoms with Gasteiger partial charge in [0.05, 0.1) is 12.0 Å². The zero-order chi connectivity index (χ0) is 14.8. The van der Waals surface area contributed by atoms with Crippen LogP contribution in [-0.4, -0.2) is 28.7 Å². The summed E-state index contributed by atoms with van der Waals surface area (Å²) >= 11 is 3.51. The highest BCUT2D eigenvalue weighted by molar-refractivity contribution is 9.09. The maximum atomic E-state index is 12.4. The molecule has 0 aromatic heterocycles. The second kappa shape index (κ2) is 6.16. The fraction of sp³-hybridized carbons (Fsp3) is 0.500. The van der Waals surface area contributed by atoms with Crippen LogP contribution in [0.15, 0.2) is 24.3 Å². The summed E-state index contributed by atoms with van der Waals surface area (Å²) in [6.45, 7) is 1.41. The molecule has 0 saturated carbocycles. The summed E-state index contributed by atoms with van der Waals surface area (Å²) in [4.78, 5) is 14.3. The fourth-order valence-electron chi connectivity index (χ4n) is 2.20. The van der Waals surface area contributed by atoms with Crippen molar-refractivity contribution in [2.45, 2.75) is 30.3 Å². The number of rotatable bonds is 2. The third-order valence-electron chi connectivity index (χ3n) is 3.41. The molecule has 1 amide bonds. The van der Waals surface area contributed by atoms with Crippen molar-refractivity contribution in [3.8, 4) is 0 Å². The highest BCUT2D eigenvalue weighted by atomic mass is 79.9. The van der Waals surface area contributed by atoms with Gasteiger partial charge in [0.2, 0.25) is 5.91 Å². The highest BCUT2D eigenvalue weighted by Gasteiger charge is 2.30. The highest BCUT2D eigenvalue weighted by Crippen LogP contribution is 2.29. The van der Waals surface area contributed by atoms with E-state index in [1.54, 1.807) is 4.90 Å². The Hall–Kier alpha value is -1.04. The Kier molecular flexibility index (Phi) is 4.73. The van der Waals surface area contributed by atoms with E-state index in [2.05, 4.69) is 15.9 Å². The van der Waals surface area contributed by atoms with Crippen molar-refractivity contribution in [3.05, 3.63) is 35.4 Å². The number of carbonyl (C=O) groups excluding carboxylic acids is 1. The van der Waals surface area contributed by atoms with Gasteiger partial charge in [0.1, 0.15) is 0 Å². The van der Waals surface area contributed by atoms with Gasteiger partial charge in [0.15, 0.2) is 0 Å². The zero-order valence-corrected chi connectivity index (χ0v) is 12.4. The lowest BCUT2D eigenvalue weighted by Gasteiger charge is -2.29. The number of amides is 1. The number of nitrogens with zero attached hydrogens (tertiary/aromatic N) is 1. The van der Waals surface area contributed by atoms with Gasteiger partial charge in [-0.25, -0.2) is 0 Å². The van der Waals surface area contributed by atoms with Gasteiger partial charge in [-0.1, -0.05) is 28.1 Å². The molecule has 20 heavy (non-hydrogen) atoms. The molecule has 1 aliphatic heterocycles. The van der Waals surface area contributed by atoms with Gasteiger partial charge in [0.25, 0.3) is 0 Å². The standard InChI is InChI=1S/C14H15BrF3NO/c15-12-5-7-19(8-6-12)13(20)9-10-1-3-11(4-2-10)14(16,17)18/h1-4,12H,5-9H2. The van der Waals surface area contributed by atoms with E-state index in [-0.39, 0.29) is 12.3 Å². The maximum Gasteiger partial charge on any atom is 0.416 e. The quantitative estimate of drug-likeness (QED) is 0.746. The molecule has 1 aromatic rings. The van der Waals surface area contributed by atoms with E-state index >= 15 is 0 Å². The molecule has 2 nitrogen and oxygen atoms in total. The first kappa shape index (κ1) is 15.4. The van der Waals surface area contributed by atoms with Crippen molar-refractivity contribution in [1.82, 2.24) is 4.90 Å². The van der Waals surface area contributed by atoms with Crippen molar-refractivity contribution in [2.75, 3.05) is 13.1 Å². The minimum absolute atomic E-state index is 0.0239. The Bertz CT molecular complexity index is 464. The average molecular weight is 350 g/mol. The monoisotopic (exact) mass is 349 g/mol. The molecule has 0 unspecified atom stereocenters. The minimum Gasteiger partial charge on any atom is -0.342 e. The lowest BCUT2D eigenvalue weighted by atomic mass is 10.1. The summed E-state index contributed by atoms with van der Waals surface area (Å²) in [6, 6.07) is 4.79. The number of hydrogen-bond acceptors (Lipinski definition) is 1. The predicted octanol–water partition coefficient (Wildman–Crippen LogP) is 3.63. The lowest BCUT2D eigenvalue weighted by molar-refractivity contribution is -0.137. The molecule has 1 fully saturated rings. The molecular formula is C14H15BrF3NO. The van der Waals surface area contributed by atoms with E-state index in [4.69, 9.17) is 0 Å². The molecule has 0 N–H and O–H groups in total. The summed E-state index contributed by atoms with van der Waals surface area (Å²) in [5.41, 5.74) is -0.0715. The second-order valence-electron chi connectivity index (χ2n) is 4.93. The third-order valence-corrected chi connectivity index (χ3v) is 4.33. The molecule has 1 aliphatic rings.